The van der Waals surface area contributed by atoms with Crippen molar-refractivity contribution in [3.8, 4) is 0 Å². The summed E-state index contributed by atoms with van der Waals surface area (Å²) in [7, 11) is 0. The van der Waals surface area contributed by atoms with Crippen LogP contribution >= 0.6 is 0 Å². The van der Waals surface area contributed by atoms with E-state index in [0.29, 0.717) is 6.54 Å². The molecule has 0 bridgehead atoms. The van der Waals surface area contributed by atoms with Crippen molar-refractivity contribution in [2.45, 2.75) is 18.2 Å². The molecule has 0 radical (unpaired) electrons. The maximum atomic E-state index is 9.12. The third kappa shape index (κ3) is 1.44. The number of nitrogens with one attached hydrogen (secondary N) is 2. The molecule has 0 aromatic rings. The number of hydrogen-bond donors (Lipinski definition) is 5. The van der Waals surface area contributed by atoms with Crippen molar-refractivity contribution >= 4 is 0 Å². The molecule has 1 aliphatic heterocycles. The Hall–Kier alpha value is -0.200. The van der Waals surface area contributed by atoms with E-state index >= 15 is 0 Å². The van der Waals surface area contributed by atoms with Crippen molar-refractivity contribution < 1.29 is 15.3 Å². The first kappa shape index (κ1) is 7.90. The van der Waals surface area contributed by atoms with Crippen molar-refractivity contribution in [3.05, 3.63) is 0 Å². The maximum Gasteiger partial charge on any atom is 0.100 e. The van der Waals surface area contributed by atoms with Gasteiger partial charge in [0.2, 0.25) is 0 Å². The van der Waals surface area contributed by atoms with Crippen molar-refractivity contribution in [3.63, 3.8) is 0 Å². The summed E-state index contributed by atoms with van der Waals surface area (Å²) in [6, 6.07) is -0.469. The number of aliphatic hydroxyl groups is 3. The average molecular weight is 148 g/mol. The smallest absolute Gasteiger partial charge is 0.100 e. The van der Waals surface area contributed by atoms with Gasteiger partial charge in [0.25, 0.3) is 0 Å². The molecule has 0 spiro atoms. The topological polar surface area (TPSA) is 84.8 Å². The Labute approximate surface area is 58.6 Å². The van der Waals surface area contributed by atoms with Gasteiger partial charge in [-0.05, 0) is 0 Å². The second-order valence-electron chi connectivity index (χ2n) is 2.37. The average Bonchev–Trinajstić information content (AvgIpc) is 1.95. The highest BCUT2D eigenvalue weighted by atomic mass is 16.3. The molecule has 3 atom stereocenters. The number of aliphatic hydroxyl groups excluding tert-OH is 3. The van der Waals surface area contributed by atoms with Crippen molar-refractivity contribution in [1.29, 1.82) is 0 Å². The van der Waals surface area contributed by atoms with E-state index in [0.717, 1.165) is 0 Å². The molecular formula is C5H12N2O3. The fourth-order valence-electron chi connectivity index (χ4n) is 0.923. The lowest BCUT2D eigenvalue weighted by molar-refractivity contribution is -0.0433. The second kappa shape index (κ2) is 3.27. The van der Waals surface area contributed by atoms with Crippen LogP contribution in [-0.4, -0.2) is 46.7 Å². The second-order valence-corrected chi connectivity index (χ2v) is 2.37. The molecule has 5 heteroatoms. The van der Waals surface area contributed by atoms with E-state index < -0.39 is 18.2 Å². The van der Waals surface area contributed by atoms with E-state index in [9.17, 15) is 0 Å². The fourth-order valence-corrected chi connectivity index (χ4v) is 0.923. The number of hydrazine groups is 1. The SMILES string of the molecule is OCC1NNC[C@@H](O)[C@@H]1O. The molecule has 1 saturated heterocycles. The van der Waals surface area contributed by atoms with Crippen LogP contribution in [-0.2, 0) is 0 Å². The molecule has 1 aliphatic rings. The lowest BCUT2D eigenvalue weighted by atomic mass is 10.1. The summed E-state index contributed by atoms with van der Waals surface area (Å²) in [6.45, 7) is 0.114. The van der Waals surface area contributed by atoms with Gasteiger partial charge in [-0.1, -0.05) is 0 Å². The number of hydrogen-bond acceptors (Lipinski definition) is 5. The Balaban J connectivity index is 2.42. The summed E-state index contributed by atoms with van der Waals surface area (Å²) in [6.07, 6.45) is -1.68. The molecule has 0 amide bonds. The Morgan fingerprint density at radius 2 is 2.10 bits per heavy atom. The Kier molecular flexibility index (Phi) is 2.58. The summed E-state index contributed by atoms with van der Waals surface area (Å²) in [5.41, 5.74) is 5.28. The van der Waals surface area contributed by atoms with Crippen LogP contribution in [0.3, 0.4) is 0 Å². The zero-order valence-corrected chi connectivity index (χ0v) is 5.49. The molecule has 5 N–H and O–H groups in total. The highest BCUT2D eigenvalue weighted by molar-refractivity contribution is 4.84. The van der Waals surface area contributed by atoms with Gasteiger partial charge in [0.05, 0.1) is 18.8 Å². The Morgan fingerprint density at radius 1 is 1.40 bits per heavy atom. The zero-order chi connectivity index (χ0) is 7.56. The predicted octanol–water partition coefficient (Wildman–Crippen LogP) is -2.82. The molecule has 0 aromatic carbocycles. The first-order valence-electron chi connectivity index (χ1n) is 3.21. The van der Waals surface area contributed by atoms with Crippen LogP contribution in [0, 0.1) is 0 Å². The quantitative estimate of drug-likeness (QED) is 0.277. The van der Waals surface area contributed by atoms with Crippen molar-refractivity contribution in [2.24, 2.45) is 0 Å². The highest BCUT2D eigenvalue weighted by Gasteiger charge is 2.29. The van der Waals surface area contributed by atoms with E-state index in [2.05, 4.69) is 10.9 Å². The molecule has 0 saturated carbocycles. The molecule has 60 valence electrons. The van der Waals surface area contributed by atoms with Gasteiger partial charge < -0.3 is 15.3 Å². The van der Waals surface area contributed by atoms with Gasteiger partial charge in [-0.2, -0.15) is 0 Å². The van der Waals surface area contributed by atoms with E-state index in [4.69, 9.17) is 15.3 Å². The molecule has 10 heavy (non-hydrogen) atoms. The highest BCUT2D eigenvalue weighted by Crippen LogP contribution is 2.01. The molecular weight excluding hydrogens is 136 g/mol. The zero-order valence-electron chi connectivity index (χ0n) is 5.49. The van der Waals surface area contributed by atoms with Crippen LogP contribution in [0.4, 0.5) is 0 Å². The van der Waals surface area contributed by atoms with E-state index in [1.165, 1.54) is 0 Å². The summed E-state index contributed by atoms with van der Waals surface area (Å²) in [5, 5.41) is 26.7. The molecule has 1 heterocycles. The van der Waals surface area contributed by atoms with Gasteiger partial charge in [0.15, 0.2) is 0 Å². The van der Waals surface area contributed by atoms with Crippen molar-refractivity contribution in [2.75, 3.05) is 13.2 Å². The van der Waals surface area contributed by atoms with Crippen LogP contribution in [0.5, 0.6) is 0 Å². The molecule has 1 unspecified atom stereocenters. The fraction of sp³-hybridized carbons (Fsp3) is 1.00. The number of rotatable bonds is 1. The summed E-state index contributed by atoms with van der Waals surface area (Å²) >= 11 is 0. The molecule has 1 rings (SSSR count). The van der Waals surface area contributed by atoms with Crippen LogP contribution in [0.2, 0.25) is 0 Å². The minimum atomic E-state index is -0.883. The Bertz CT molecular complexity index is 111. The monoisotopic (exact) mass is 148 g/mol. The first-order chi connectivity index (χ1) is 4.75. The predicted molar refractivity (Wildman–Crippen MR) is 34.0 cm³/mol. The van der Waals surface area contributed by atoms with Gasteiger partial charge >= 0.3 is 0 Å². The lowest BCUT2D eigenvalue weighted by Gasteiger charge is -2.31. The van der Waals surface area contributed by atoms with Gasteiger partial charge in [-0.25, -0.2) is 5.43 Å². The van der Waals surface area contributed by atoms with Crippen LogP contribution in [0.1, 0.15) is 0 Å². The minimum Gasteiger partial charge on any atom is -0.395 e. The third-order valence-corrected chi connectivity index (χ3v) is 1.60. The van der Waals surface area contributed by atoms with Gasteiger partial charge in [0, 0.05) is 6.54 Å². The lowest BCUT2D eigenvalue weighted by Crippen LogP contribution is -2.62. The normalized spacial score (nSPS) is 41.7. The molecule has 0 aromatic heterocycles. The Morgan fingerprint density at radius 3 is 2.60 bits per heavy atom. The standard InChI is InChI=1S/C5H12N2O3/c8-2-3-5(10)4(9)1-6-7-3/h3-10H,1-2H2/t3?,4-,5-/m1/s1. The summed E-state index contributed by atoms with van der Waals surface area (Å²) in [4.78, 5) is 0. The minimum absolute atomic E-state index is 0.189. The molecule has 5 nitrogen and oxygen atoms in total. The summed E-state index contributed by atoms with van der Waals surface area (Å²) in [5.74, 6) is 0. The molecule has 1 fully saturated rings. The summed E-state index contributed by atoms with van der Waals surface area (Å²) < 4.78 is 0. The maximum absolute atomic E-state index is 9.12. The number of β-amino-alcohol motifs (C(OH)–C–C–N with tert-alkyl or cyclic N) is 1. The van der Waals surface area contributed by atoms with E-state index in [1.807, 2.05) is 0 Å². The van der Waals surface area contributed by atoms with Gasteiger partial charge in [-0.15, -0.1) is 0 Å². The van der Waals surface area contributed by atoms with Crippen LogP contribution in [0.15, 0.2) is 0 Å². The largest absolute Gasteiger partial charge is 0.395 e. The van der Waals surface area contributed by atoms with Crippen LogP contribution in [0.25, 0.3) is 0 Å². The van der Waals surface area contributed by atoms with Gasteiger partial charge in [-0.3, -0.25) is 5.43 Å². The van der Waals surface area contributed by atoms with Crippen LogP contribution < -0.4 is 10.9 Å². The van der Waals surface area contributed by atoms with Gasteiger partial charge in [0.1, 0.15) is 6.10 Å². The van der Waals surface area contributed by atoms with Crippen molar-refractivity contribution in [1.82, 2.24) is 10.9 Å². The third-order valence-electron chi connectivity index (χ3n) is 1.60. The van der Waals surface area contributed by atoms with E-state index in [-0.39, 0.29) is 6.61 Å². The first-order valence-corrected chi connectivity index (χ1v) is 3.21. The van der Waals surface area contributed by atoms with E-state index in [1.54, 1.807) is 0 Å². The molecule has 0 aliphatic carbocycles.